The highest BCUT2D eigenvalue weighted by atomic mass is 16.5. The Hall–Kier alpha value is -1.95. The molecule has 2 aromatic rings. The second-order valence-electron chi connectivity index (χ2n) is 4.42. The fraction of sp³-hybridized carbons (Fsp3) is 0.364. The third kappa shape index (κ3) is 1.99. The van der Waals surface area contributed by atoms with Gasteiger partial charge < -0.3 is 10.1 Å². The molecule has 0 aliphatic carbocycles. The van der Waals surface area contributed by atoms with E-state index in [9.17, 15) is 0 Å². The number of nitrogens with one attached hydrogen (secondary N) is 2. The number of H-pyrrole nitrogens is 1. The summed E-state index contributed by atoms with van der Waals surface area (Å²) in [4.78, 5) is 0. The summed E-state index contributed by atoms with van der Waals surface area (Å²) in [7, 11) is 0. The molecule has 3 rings (SSSR count). The van der Waals surface area contributed by atoms with Crippen molar-refractivity contribution in [3.63, 3.8) is 0 Å². The summed E-state index contributed by atoms with van der Waals surface area (Å²) in [6.45, 7) is 3.84. The van der Waals surface area contributed by atoms with Gasteiger partial charge >= 0.3 is 0 Å². The van der Waals surface area contributed by atoms with E-state index >= 15 is 0 Å². The van der Waals surface area contributed by atoms with Crippen molar-refractivity contribution < 1.29 is 4.74 Å². The second kappa shape index (κ2) is 3.81. The predicted octanol–water partition coefficient (Wildman–Crippen LogP) is 0.607. The lowest BCUT2D eigenvalue weighted by atomic mass is 10.00. The van der Waals surface area contributed by atoms with Gasteiger partial charge in [-0.15, -0.1) is 10.2 Å². The van der Waals surface area contributed by atoms with Crippen molar-refractivity contribution in [1.82, 2.24) is 25.9 Å². The lowest BCUT2D eigenvalue weighted by Gasteiger charge is -2.39. The van der Waals surface area contributed by atoms with Gasteiger partial charge in [-0.25, -0.2) is 0 Å². The zero-order valence-electron chi connectivity index (χ0n) is 9.47. The molecule has 1 aromatic heterocycles. The summed E-state index contributed by atoms with van der Waals surface area (Å²) in [6.07, 6.45) is 0. The molecule has 1 saturated heterocycles. The lowest BCUT2D eigenvalue weighted by Crippen LogP contribution is -2.61. The Kier molecular flexibility index (Phi) is 2.29. The number of hydrogen-bond donors (Lipinski definition) is 2. The molecule has 6 nitrogen and oxygen atoms in total. The lowest BCUT2D eigenvalue weighted by molar-refractivity contribution is 0.0349. The molecule has 0 unspecified atom stereocenters. The maximum absolute atomic E-state index is 5.93. The van der Waals surface area contributed by atoms with Crippen LogP contribution in [0.25, 0.3) is 11.4 Å². The molecule has 0 bridgehead atoms. The molecule has 1 fully saturated rings. The average Bonchev–Trinajstić information content (AvgIpc) is 2.81. The van der Waals surface area contributed by atoms with E-state index in [2.05, 4.69) is 32.9 Å². The largest absolute Gasteiger partial charge is 0.485 e. The third-order valence-corrected chi connectivity index (χ3v) is 2.80. The van der Waals surface area contributed by atoms with E-state index in [-0.39, 0.29) is 5.60 Å². The van der Waals surface area contributed by atoms with Crippen LogP contribution < -0.4 is 10.1 Å². The van der Waals surface area contributed by atoms with E-state index in [4.69, 9.17) is 4.74 Å². The molecule has 1 aromatic carbocycles. The van der Waals surface area contributed by atoms with Crippen molar-refractivity contribution in [1.29, 1.82) is 0 Å². The van der Waals surface area contributed by atoms with Gasteiger partial charge in [0.2, 0.25) is 5.82 Å². The molecule has 1 aliphatic rings. The number of aromatic nitrogens is 4. The van der Waals surface area contributed by atoms with Crippen molar-refractivity contribution in [2.75, 3.05) is 13.1 Å². The average molecular weight is 231 g/mol. The fourth-order valence-corrected chi connectivity index (χ4v) is 1.82. The van der Waals surface area contributed by atoms with Gasteiger partial charge in [-0.1, -0.05) is 12.1 Å². The first kappa shape index (κ1) is 10.2. The van der Waals surface area contributed by atoms with Crippen LogP contribution in [0.1, 0.15) is 6.92 Å². The summed E-state index contributed by atoms with van der Waals surface area (Å²) in [5.74, 6) is 1.41. The molecule has 2 N–H and O–H groups in total. The Morgan fingerprint density at radius 2 is 2.24 bits per heavy atom. The Bertz CT molecular complexity index is 506. The smallest absolute Gasteiger partial charge is 0.204 e. The number of ether oxygens (including phenoxy) is 1. The molecule has 1 aliphatic heterocycles. The Morgan fingerprint density at radius 1 is 1.35 bits per heavy atom. The summed E-state index contributed by atoms with van der Waals surface area (Å²) in [5.41, 5.74) is 0.794. The summed E-state index contributed by atoms with van der Waals surface area (Å²) < 4.78 is 5.93. The molecule has 17 heavy (non-hydrogen) atoms. The van der Waals surface area contributed by atoms with Gasteiger partial charge in [0.05, 0.1) is 0 Å². The minimum atomic E-state index is -0.101. The maximum Gasteiger partial charge on any atom is 0.204 e. The van der Waals surface area contributed by atoms with Gasteiger partial charge in [0.1, 0.15) is 11.4 Å². The summed E-state index contributed by atoms with van der Waals surface area (Å²) in [5, 5.41) is 17.1. The quantitative estimate of drug-likeness (QED) is 0.809. The van der Waals surface area contributed by atoms with Gasteiger partial charge in [-0.05, 0) is 24.3 Å². The van der Waals surface area contributed by atoms with E-state index in [1.807, 2.05) is 24.3 Å². The van der Waals surface area contributed by atoms with E-state index < -0.39 is 0 Å². The number of rotatable bonds is 3. The maximum atomic E-state index is 5.93. The van der Waals surface area contributed by atoms with Crippen LogP contribution in [0, 0.1) is 0 Å². The van der Waals surface area contributed by atoms with Crippen LogP contribution in [0.3, 0.4) is 0 Å². The van der Waals surface area contributed by atoms with Crippen LogP contribution in [-0.4, -0.2) is 39.3 Å². The molecule has 88 valence electrons. The minimum Gasteiger partial charge on any atom is -0.485 e. The number of hydrogen-bond acceptors (Lipinski definition) is 5. The van der Waals surface area contributed by atoms with Crippen LogP contribution in [0.2, 0.25) is 0 Å². The van der Waals surface area contributed by atoms with Gasteiger partial charge in [-0.3, -0.25) is 0 Å². The minimum absolute atomic E-state index is 0.101. The Morgan fingerprint density at radius 3 is 2.88 bits per heavy atom. The topological polar surface area (TPSA) is 75.7 Å². The standard InChI is InChI=1S/C11H13N5O/c1-11(6-12-7-11)17-9-4-2-3-8(5-9)10-13-15-16-14-10/h2-5,12H,6-7H2,1H3,(H,13,14,15,16). The Labute approximate surface area is 98.4 Å². The monoisotopic (exact) mass is 231 g/mol. The summed E-state index contributed by atoms with van der Waals surface area (Å²) >= 11 is 0. The third-order valence-electron chi connectivity index (χ3n) is 2.80. The number of tetrazole rings is 1. The van der Waals surface area contributed by atoms with Crippen LogP contribution in [0.4, 0.5) is 0 Å². The van der Waals surface area contributed by atoms with E-state index in [1.165, 1.54) is 0 Å². The van der Waals surface area contributed by atoms with E-state index in [0.29, 0.717) is 5.82 Å². The molecule has 0 saturated carbocycles. The van der Waals surface area contributed by atoms with Crippen molar-refractivity contribution in [3.05, 3.63) is 24.3 Å². The van der Waals surface area contributed by atoms with Crippen molar-refractivity contribution in [2.24, 2.45) is 0 Å². The SMILES string of the molecule is CC1(Oc2cccc(-c3nn[nH]n3)c2)CNC1. The first-order valence-electron chi connectivity index (χ1n) is 5.49. The van der Waals surface area contributed by atoms with Crippen LogP contribution in [0.15, 0.2) is 24.3 Å². The predicted molar refractivity (Wildman–Crippen MR) is 61.5 cm³/mol. The molecule has 0 spiro atoms. The number of nitrogens with zero attached hydrogens (tertiary/aromatic N) is 3. The van der Waals surface area contributed by atoms with Crippen molar-refractivity contribution in [2.45, 2.75) is 12.5 Å². The van der Waals surface area contributed by atoms with Crippen molar-refractivity contribution in [3.8, 4) is 17.1 Å². The highest BCUT2D eigenvalue weighted by Crippen LogP contribution is 2.25. The molecule has 0 atom stereocenters. The normalized spacial score (nSPS) is 17.5. The molecule has 0 radical (unpaired) electrons. The summed E-state index contributed by atoms with van der Waals surface area (Å²) in [6, 6.07) is 7.72. The van der Waals surface area contributed by atoms with Gasteiger partial charge in [0, 0.05) is 18.7 Å². The van der Waals surface area contributed by atoms with Gasteiger partial charge in [0.15, 0.2) is 0 Å². The number of aromatic amines is 1. The molecular weight excluding hydrogens is 218 g/mol. The first-order valence-corrected chi connectivity index (χ1v) is 5.49. The zero-order chi connectivity index (χ0) is 11.7. The van der Waals surface area contributed by atoms with Crippen LogP contribution in [0.5, 0.6) is 5.75 Å². The molecule has 0 amide bonds. The van der Waals surface area contributed by atoms with Gasteiger partial charge in [-0.2, -0.15) is 5.21 Å². The highest BCUT2D eigenvalue weighted by Gasteiger charge is 2.33. The Balaban J connectivity index is 1.84. The molecule has 6 heteroatoms. The molecular formula is C11H13N5O. The fourth-order valence-electron chi connectivity index (χ4n) is 1.82. The zero-order valence-corrected chi connectivity index (χ0v) is 9.47. The van der Waals surface area contributed by atoms with Crippen molar-refractivity contribution >= 4 is 0 Å². The van der Waals surface area contributed by atoms with E-state index in [0.717, 1.165) is 24.4 Å². The van der Waals surface area contributed by atoms with Crippen LogP contribution in [-0.2, 0) is 0 Å². The number of benzene rings is 1. The van der Waals surface area contributed by atoms with Gasteiger partial charge in [0.25, 0.3) is 0 Å². The first-order chi connectivity index (χ1) is 8.25. The second-order valence-corrected chi connectivity index (χ2v) is 4.42. The highest BCUT2D eigenvalue weighted by molar-refractivity contribution is 5.56. The van der Waals surface area contributed by atoms with E-state index in [1.54, 1.807) is 0 Å². The molecule has 2 heterocycles. The van der Waals surface area contributed by atoms with Crippen LogP contribution >= 0.6 is 0 Å².